The molecule has 0 bridgehead atoms. The maximum absolute atomic E-state index is 12.5. The molecule has 0 aromatic heterocycles. The fourth-order valence-corrected chi connectivity index (χ4v) is 6.52. The summed E-state index contributed by atoms with van der Waals surface area (Å²) in [6, 6.07) is 0. The molecule has 0 unspecified atom stereocenters. The largest absolute Gasteiger partial charge is 0.299 e. The molecule has 3 fully saturated rings. The van der Waals surface area contributed by atoms with Crippen LogP contribution < -0.4 is 0 Å². The van der Waals surface area contributed by atoms with Crippen LogP contribution >= 0.6 is 0 Å². The molecule has 3 saturated carbocycles. The first-order valence-electron chi connectivity index (χ1n) is 9.41. The molecule has 0 aromatic rings. The number of rotatable bonds is 2. The van der Waals surface area contributed by atoms with E-state index in [2.05, 4.69) is 23.9 Å². The summed E-state index contributed by atoms with van der Waals surface area (Å²) >= 11 is 0. The first-order chi connectivity index (χ1) is 11.9. The topological polar surface area (TPSA) is 82.9 Å². The number of carbonyl (C=O) groups excluding carboxylic acids is 2. The fourth-order valence-electron chi connectivity index (χ4n) is 6.52. The molecule has 0 heterocycles. The maximum atomic E-state index is 12.5. The van der Waals surface area contributed by atoms with Gasteiger partial charge in [0.1, 0.15) is 5.78 Å². The molecule has 132 valence electrons. The van der Waals surface area contributed by atoms with Crippen molar-refractivity contribution in [1.29, 1.82) is 0 Å². The Morgan fingerprint density at radius 2 is 1.96 bits per heavy atom. The summed E-state index contributed by atoms with van der Waals surface area (Å²) < 4.78 is 0. The third-order valence-electron chi connectivity index (χ3n) is 7.91. The molecule has 0 amide bonds. The SMILES string of the molecule is C[C@@]12C(=CC(=O)C=C1CN=[N+]=[N-])CC[C@@H]1[C@@H]2CC[C@]2(C)C(=O)CC[C@@H]12. The van der Waals surface area contributed by atoms with Crippen LogP contribution in [0, 0.1) is 28.6 Å². The Morgan fingerprint density at radius 3 is 2.72 bits per heavy atom. The molecule has 0 aromatic carbocycles. The third-order valence-corrected chi connectivity index (χ3v) is 7.91. The highest BCUT2D eigenvalue weighted by Gasteiger charge is 2.59. The van der Waals surface area contributed by atoms with Crippen LogP contribution in [0.3, 0.4) is 0 Å². The van der Waals surface area contributed by atoms with E-state index in [1.54, 1.807) is 6.08 Å². The highest BCUT2D eigenvalue weighted by atomic mass is 16.1. The van der Waals surface area contributed by atoms with Crippen molar-refractivity contribution in [3.05, 3.63) is 33.7 Å². The average Bonchev–Trinajstić information content (AvgIpc) is 2.89. The molecule has 0 N–H and O–H groups in total. The Bertz CT molecular complexity index is 761. The standard InChI is InChI=1S/C20H25N3O2/c1-19-8-7-17-15(16(19)5-6-18(19)25)4-3-12-9-14(24)10-13(11-22-23-21)20(12,17)2/h9-10,15-17H,3-8,11H2,1-2H3/t15-,16-,17-,19-,20+/m0/s1. The number of carbonyl (C=O) groups is 2. The van der Waals surface area contributed by atoms with Gasteiger partial charge in [0.2, 0.25) is 0 Å². The maximum Gasteiger partial charge on any atom is 0.178 e. The van der Waals surface area contributed by atoms with Gasteiger partial charge in [0, 0.05) is 28.7 Å². The molecule has 0 saturated heterocycles. The number of Topliss-reactive ketones (excluding diaryl/α,β-unsaturated/α-hetero) is 1. The van der Waals surface area contributed by atoms with E-state index in [0.29, 0.717) is 23.5 Å². The summed E-state index contributed by atoms with van der Waals surface area (Å²) in [5.74, 6) is 1.90. The lowest BCUT2D eigenvalue weighted by molar-refractivity contribution is -0.131. The van der Waals surface area contributed by atoms with Gasteiger partial charge in [-0.25, -0.2) is 0 Å². The number of azide groups is 1. The van der Waals surface area contributed by atoms with E-state index in [0.717, 1.165) is 44.1 Å². The lowest BCUT2D eigenvalue weighted by atomic mass is 9.47. The molecule has 5 heteroatoms. The first-order valence-corrected chi connectivity index (χ1v) is 9.41. The van der Waals surface area contributed by atoms with Crippen LogP contribution in [-0.4, -0.2) is 18.1 Å². The zero-order valence-corrected chi connectivity index (χ0v) is 15.0. The minimum Gasteiger partial charge on any atom is -0.299 e. The quantitative estimate of drug-likeness (QED) is 0.420. The van der Waals surface area contributed by atoms with Crippen LogP contribution in [-0.2, 0) is 9.59 Å². The van der Waals surface area contributed by atoms with Crippen LogP contribution in [0.5, 0.6) is 0 Å². The second-order valence-electron chi connectivity index (χ2n) is 8.67. The van der Waals surface area contributed by atoms with Crippen LogP contribution in [0.2, 0.25) is 0 Å². The first kappa shape index (κ1) is 16.6. The predicted octanol–water partition coefficient (Wildman–Crippen LogP) is 4.54. The molecule has 25 heavy (non-hydrogen) atoms. The van der Waals surface area contributed by atoms with Crippen molar-refractivity contribution in [3.63, 3.8) is 0 Å². The van der Waals surface area contributed by atoms with E-state index in [1.165, 1.54) is 5.57 Å². The molecule has 4 rings (SSSR count). The Morgan fingerprint density at radius 1 is 1.16 bits per heavy atom. The van der Waals surface area contributed by atoms with E-state index in [4.69, 9.17) is 5.53 Å². The van der Waals surface area contributed by atoms with Crippen LogP contribution in [0.25, 0.3) is 10.4 Å². The minimum absolute atomic E-state index is 0.0192. The summed E-state index contributed by atoms with van der Waals surface area (Å²) in [5.41, 5.74) is 10.6. The molecule has 5 nitrogen and oxygen atoms in total. The molecular formula is C20H25N3O2. The van der Waals surface area contributed by atoms with Gasteiger partial charge >= 0.3 is 0 Å². The summed E-state index contributed by atoms with van der Waals surface area (Å²) in [5, 5.41) is 3.77. The van der Waals surface area contributed by atoms with Crippen molar-refractivity contribution in [3.8, 4) is 0 Å². The number of hydrogen-bond donors (Lipinski definition) is 0. The van der Waals surface area contributed by atoms with Crippen LogP contribution in [0.4, 0.5) is 0 Å². The van der Waals surface area contributed by atoms with Gasteiger partial charge in [0.25, 0.3) is 0 Å². The van der Waals surface area contributed by atoms with E-state index >= 15 is 0 Å². The third kappa shape index (κ3) is 2.18. The Labute approximate surface area is 148 Å². The molecular weight excluding hydrogens is 314 g/mol. The van der Waals surface area contributed by atoms with Gasteiger partial charge in [0.15, 0.2) is 5.78 Å². The van der Waals surface area contributed by atoms with Crippen molar-refractivity contribution in [2.45, 2.75) is 52.4 Å². The van der Waals surface area contributed by atoms with Crippen molar-refractivity contribution in [2.75, 3.05) is 6.54 Å². The number of hydrogen-bond acceptors (Lipinski definition) is 3. The van der Waals surface area contributed by atoms with Crippen molar-refractivity contribution >= 4 is 11.6 Å². The van der Waals surface area contributed by atoms with Crippen molar-refractivity contribution in [1.82, 2.24) is 0 Å². The van der Waals surface area contributed by atoms with Crippen molar-refractivity contribution < 1.29 is 9.59 Å². The number of fused-ring (bicyclic) bond motifs is 5. The summed E-state index contributed by atoms with van der Waals surface area (Å²) in [6.07, 6.45) is 9.18. The molecule has 4 aliphatic rings. The summed E-state index contributed by atoms with van der Waals surface area (Å²) in [4.78, 5) is 27.5. The minimum atomic E-state index is -0.196. The molecule has 4 aliphatic carbocycles. The number of nitrogens with zero attached hydrogens (tertiary/aromatic N) is 3. The van der Waals surface area contributed by atoms with Crippen LogP contribution in [0.1, 0.15) is 52.4 Å². The fraction of sp³-hybridized carbons (Fsp3) is 0.700. The Kier molecular flexibility index (Phi) is 3.69. The van der Waals surface area contributed by atoms with Gasteiger partial charge in [-0.3, -0.25) is 9.59 Å². The van der Waals surface area contributed by atoms with Crippen molar-refractivity contribution in [2.24, 2.45) is 33.7 Å². The second kappa shape index (κ2) is 5.57. The Hall–Kier alpha value is -1.87. The second-order valence-corrected chi connectivity index (χ2v) is 8.67. The summed E-state index contributed by atoms with van der Waals surface area (Å²) in [6.45, 7) is 4.68. The lowest BCUT2D eigenvalue weighted by Crippen LogP contribution is -2.51. The van der Waals surface area contributed by atoms with E-state index in [1.807, 2.05) is 6.08 Å². The monoisotopic (exact) mass is 339 g/mol. The van der Waals surface area contributed by atoms with Gasteiger partial charge < -0.3 is 0 Å². The molecule has 0 radical (unpaired) electrons. The van der Waals surface area contributed by atoms with Gasteiger partial charge in [0.05, 0.1) is 0 Å². The average molecular weight is 339 g/mol. The molecule has 5 atom stereocenters. The number of allylic oxidation sites excluding steroid dienone is 3. The number of ketones is 2. The van der Waals surface area contributed by atoms with E-state index in [9.17, 15) is 9.59 Å². The lowest BCUT2D eigenvalue weighted by Gasteiger charge is -2.57. The van der Waals surface area contributed by atoms with Crippen LogP contribution in [0.15, 0.2) is 28.4 Å². The van der Waals surface area contributed by atoms with Gasteiger partial charge in [-0.1, -0.05) is 30.1 Å². The predicted molar refractivity (Wildman–Crippen MR) is 94.6 cm³/mol. The smallest absolute Gasteiger partial charge is 0.178 e. The molecule has 0 aliphatic heterocycles. The van der Waals surface area contributed by atoms with Gasteiger partial charge in [-0.05, 0) is 67.5 Å². The molecule has 0 spiro atoms. The van der Waals surface area contributed by atoms with Gasteiger partial charge in [-0.15, -0.1) is 0 Å². The normalized spacial score (nSPS) is 42.6. The highest BCUT2D eigenvalue weighted by molar-refractivity contribution is 6.02. The summed E-state index contributed by atoms with van der Waals surface area (Å²) in [7, 11) is 0. The zero-order chi connectivity index (χ0) is 17.8. The zero-order valence-electron chi connectivity index (χ0n) is 15.0. The van der Waals surface area contributed by atoms with Gasteiger partial charge in [-0.2, -0.15) is 0 Å². The van der Waals surface area contributed by atoms with E-state index < -0.39 is 0 Å². The Balaban J connectivity index is 1.75. The van der Waals surface area contributed by atoms with E-state index in [-0.39, 0.29) is 23.2 Å². The highest BCUT2D eigenvalue weighted by Crippen LogP contribution is 2.64.